The van der Waals surface area contributed by atoms with Gasteiger partial charge in [0.15, 0.2) is 0 Å². The lowest BCUT2D eigenvalue weighted by atomic mass is 9.86. The molecule has 0 aromatic heterocycles. The molecule has 1 aliphatic heterocycles. The van der Waals surface area contributed by atoms with Gasteiger partial charge in [-0.1, -0.05) is 12.2 Å². The predicted molar refractivity (Wildman–Crippen MR) is 45.5 cm³/mol. The number of nitrogens with one attached hydrogen (secondary N) is 1. The summed E-state index contributed by atoms with van der Waals surface area (Å²) in [7, 11) is 0. The van der Waals surface area contributed by atoms with Crippen LogP contribution in [-0.2, 0) is 0 Å². The number of halogens is 1. The van der Waals surface area contributed by atoms with Gasteiger partial charge in [0, 0.05) is 0 Å². The maximum atomic E-state index is 3.42. The lowest BCUT2D eigenvalue weighted by Crippen LogP contribution is -2.13. The van der Waals surface area contributed by atoms with Gasteiger partial charge in [0.25, 0.3) is 0 Å². The van der Waals surface area contributed by atoms with Crippen molar-refractivity contribution in [1.29, 1.82) is 0 Å². The standard InChI is InChI=1S/C8H13N.ClH/c1-2-4-8-6-9-5-7(8)3-1;/h1-2,7-9H,3-6H2;1H. The van der Waals surface area contributed by atoms with Crippen LogP contribution in [0.25, 0.3) is 0 Å². The van der Waals surface area contributed by atoms with E-state index in [2.05, 4.69) is 17.5 Å². The van der Waals surface area contributed by atoms with E-state index < -0.39 is 0 Å². The molecule has 2 rings (SSSR count). The molecule has 2 heteroatoms. The normalized spacial score (nSPS) is 36.8. The highest BCUT2D eigenvalue weighted by Gasteiger charge is 2.26. The minimum atomic E-state index is 0. The van der Waals surface area contributed by atoms with Gasteiger partial charge in [0.05, 0.1) is 0 Å². The summed E-state index contributed by atoms with van der Waals surface area (Å²) in [6.07, 6.45) is 7.29. The van der Waals surface area contributed by atoms with Crippen molar-refractivity contribution in [3.05, 3.63) is 12.2 Å². The van der Waals surface area contributed by atoms with Crippen molar-refractivity contribution in [2.24, 2.45) is 11.8 Å². The predicted octanol–water partition coefficient (Wildman–Crippen LogP) is 1.59. The molecule has 0 saturated carbocycles. The van der Waals surface area contributed by atoms with E-state index in [4.69, 9.17) is 0 Å². The molecule has 1 nitrogen and oxygen atoms in total. The summed E-state index contributed by atoms with van der Waals surface area (Å²) < 4.78 is 0. The van der Waals surface area contributed by atoms with Gasteiger partial charge in [-0.3, -0.25) is 0 Å². The highest BCUT2D eigenvalue weighted by molar-refractivity contribution is 5.85. The first-order chi connectivity index (χ1) is 4.47. The van der Waals surface area contributed by atoms with E-state index in [1.165, 1.54) is 25.9 Å². The Hall–Kier alpha value is -0.0100. The van der Waals surface area contributed by atoms with Crippen LogP contribution in [0.15, 0.2) is 12.2 Å². The molecule has 0 bridgehead atoms. The second-order valence-electron chi connectivity index (χ2n) is 3.12. The van der Waals surface area contributed by atoms with Crippen LogP contribution in [0.4, 0.5) is 0 Å². The third-order valence-corrected chi connectivity index (χ3v) is 2.52. The molecule has 0 aromatic carbocycles. The Labute approximate surface area is 68.3 Å². The topological polar surface area (TPSA) is 12.0 Å². The van der Waals surface area contributed by atoms with Crippen LogP contribution in [0.1, 0.15) is 12.8 Å². The molecule has 1 fully saturated rings. The fraction of sp³-hybridized carbons (Fsp3) is 0.750. The summed E-state index contributed by atoms with van der Waals surface area (Å²) in [6.45, 7) is 2.52. The molecule has 1 heterocycles. The molecule has 2 unspecified atom stereocenters. The van der Waals surface area contributed by atoms with Crippen LogP contribution in [0.2, 0.25) is 0 Å². The van der Waals surface area contributed by atoms with Crippen molar-refractivity contribution in [2.75, 3.05) is 13.1 Å². The molecule has 1 aliphatic carbocycles. The summed E-state index contributed by atoms with van der Waals surface area (Å²) >= 11 is 0. The molecule has 0 amide bonds. The van der Waals surface area contributed by atoms with E-state index >= 15 is 0 Å². The number of hydrogen-bond donors (Lipinski definition) is 1. The Balaban J connectivity index is 0.000000500. The smallest absolute Gasteiger partial charge is 0.00142 e. The quantitative estimate of drug-likeness (QED) is 0.530. The minimum absolute atomic E-state index is 0. The SMILES string of the molecule is C1=CCC2CNCC2C1.Cl. The molecular formula is C8H14ClN. The van der Waals surface area contributed by atoms with Crippen LogP contribution in [0.3, 0.4) is 0 Å². The molecule has 1 N–H and O–H groups in total. The number of fused-ring (bicyclic) bond motifs is 1. The Bertz CT molecular complexity index is 119. The Morgan fingerprint density at radius 3 is 2.00 bits per heavy atom. The van der Waals surface area contributed by atoms with E-state index in [-0.39, 0.29) is 12.4 Å². The highest BCUT2D eigenvalue weighted by atomic mass is 35.5. The monoisotopic (exact) mass is 159 g/mol. The average molecular weight is 160 g/mol. The second kappa shape index (κ2) is 3.40. The van der Waals surface area contributed by atoms with Gasteiger partial charge < -0.3 is 5.32 Å². The van der Waals surface area contributed by atoms with Crippen LogP contribution in [-0.4, -0.2) is 13.1 Å². The molecule has 1 saturated heterocycles. The summed E-state index contributed by atoms with van der Waals surface area (Å²) in [5, 5.41) is 3.42. The van der Waals surface area contributed by atoms with Crippen LogP contribution in [0, 0.1) is 11.8 Å². The number of hydrogen-bond acceptors (Lipinski definition) is 1. The molecule has 58 valence electrons. The maximum absolute atomic E-state index is 3.42. The van der Waals surface area contributed by atoms with Crippen molar-refractivity contribution >= 4 is 12.4 Å². The Kier molecular flexibility index (Phi) is 2.75. The molecule has 0 radical (unpaired) electrons. The van der Waals surface area contributed by atoms with Crippen molar-refractivity contribution in [3.63, 3.8) is 0 Å². The zero-order valence-corrected chi connectivity index (χ0v) is 6.86. The van der Waals surface area contributed by atoms with Crippen molar-refractivity contribution < 1.29 is 0 Å². The summed E-state index contributed by atoms with van der Waals surface area (Å²) in [4.78, 5) is 0. The summed E-state index contributed by atoms with van der Waals surface area (Å²) in [5.74, 6) is 1.94. The zero-order chi connectivity index (χ0) is 6.10. The van der Waals surface area contributed by atoms with Gasteiger partial charge >= 0.3 is 0 Å². The zero-order valence-electron chi connectivity index (χ0n) is 6.05. The largest absolute Gasteiger partial charge is 0.316 e. The summed E-state index contributed by atoms with van der Waals surface area (Å²) in [5.41, 5.74) is 0. The minimum Gasteiger partial charge on any atom is -0.316 e. The lowest BCUT2D eigenvalue weighted by Gasteiger charge is -2.18. The first-order valence-electron chi connectivity index (χ1n) is 3.82. The molecule has 2 aliphatic rings. The molecule has 0 spiro atoms. The van der Waals surface area contributed by atoms with Gasteiger partial charge in [-0.05, 0) is 37.8 Å². The van der Waals surface area contributed by atoms with Gasteiger partial charge in [-0.25, -0.2) is 0 Å². The second-order valence-corrected chi connectivity index (χ2v) is 3.12. The lowest BCUT2D eigenvalue weighted by molar-refractivity contribution is 0.411. The van der Waals surface area contributed by atoms with E-state index in [9.17, 15) is 0 Å². The highest BCUT2D eigenvalue weighted by Crippen LogP contribution is 2.27. The summed E-state index contributed by atoms with van der Waals surface area (Å²) in [6, 6.07) is 0. The molecular weight excluding hydrogens is 146 g/mol. The van der Waals surface area contributed by atoms with Crippen LogP contribution < -0.4 is 5.32 Å². The maximum Gasteiger partial charge on any atom is -0.00142 e. The van der Waals surface area contributed by atoms with E-state index in [0.717, 1.165) is 11.8 Å². The number of rotatable bonds is 0. The van der Waals surface area contributed by atoms with Gasteiger partial charge in [-0.15, -0.1) is 12.4 Å². The van der Waals surface area contributed by atoms with Crippen molar-refractivity contribution in [1.82, 2.24) is 5.32 Å². The van der Waals surface area contributed by atoms with Gasteiger partial charge in [0.1, 0.15) is 0 Å². The fourth-order valence-corrected chi connectivity index (χ4v) is 1.88. The third kappa shape index (κ3) is 1.35. The third-order valence-electron chi connectivity index (χ3n) is 2.52. The van der Waals surface area contributed by atoms with E-state index in [0.29, 0.717) is 0 Å². The number of allylic oxidation sites excluding steroid dienone is 2. The first kappa shape index (κ1) is 8.09. The Morgan fingerprint density at radius 2 is 1.50 bits per heavy atom. The van der Waals surface area contributed by atoms with Gasteiger partial charge in [0.2, 0.25) is 0 Å². The molecule has 10 heavy (non-hydrogen) atoms. The van der Waals surface area contributed by atoms with E-state index in [1.807, 2.05) is 0 Å². The Morgan fingerprint density at radius 1 is 1.00 bits per heavy atom. The average Bonchev–Trinajstić information content (AvgIpc) is 2.33. The van der Waals surface area contributed by atoms with Crippen LogP contribution >= 0.6 is 12.4 Å². The molecule has 2 atom stereocenters. The van der Waals surface area contributed by atoms with Gasteiger partial charge in [-0.2, -0.15) is 0 Å². The van der Waals surface area contributed by atoms with Crippen molar-refractivity contribution in [2.45, 2.75) is 12.8 Å². The first-order valence-corrected chi connectivity index (χ1v) is 3.82. The van der Waals surface area contributed by atoms with E-state index in [1.54, 1.807) is 0 Å². The molecule has 0 aromatic rings. The van der Waals surface area contributed by atoms with Crippen molar-refractivity contribution in [3.8, 4) is 0 Å². The van der Waals surface area contributed by atoms with Crippen LogP contribution in [0.5, 0.6) is 0 Å². The fourth-order valence-electron chi connectivity index (χ4n) is 1.88.